The van der Waals surface area contributed by atoms with Gasteiger partial charge in [-0.3, -0.25) is 4.79 Å². The van der Waals surface area contributed by atoms with Crippen molar-refractivity contribution in [3.63, 3.8) is 0 Å². The van der Waals surface area contributed by atoms with Gasteiger partial charge in [0, 0.05) is 16.5 Å². The fourth-order valence-corrected chi connectivity index (χ4v) is 4.16. The number of methoxy groups -OCH3 is 1. The third kappa shape index (κ3) is 3.03. The molecule has 2 aromatic carbocycles. The molecule has 0 radical (unpaired) electrons. The highest BCUT2D eigenvalue weighted by Crippen LogP contribution is 2.44. The van der Waals surface area contributed by atoms with Gasteiger partial charge in [0.25, 0.3) is 5.56 Å². The molecular formula is C24H19NO7. The highest BCUT2D eigenvalue weighted by molar-refractivity contribution is 5.89. The molecule has 1 aliphatic heterocycles. The zero-order chi connectivity index (χ0) is 22.4. The van der Waals surface area contributed by atoms with Crippen molar-refractivity contribution in [3.8, 4) is 11.5 Å². The summed E-state index contributed by atoms with van der Waals surface area (Å²) < 4.78 is 21.9. The van der Waals surface area contributed by atoms with Crippen LogP contribution in [0.2, 0.25) is 0 Å². The average molecular weight is 433 g/mol. The van der Waals surface area contributed by atoms with Gasteiger partial charge in [-0.25, -0.2) is 9.59 Å². The van der Waals surface area contributed by atoms with E-state index >= 15 is 0 Å². The maximum Gasteiger partial charge on any atom is 0.348 e. The van der Waals surface area contributed by atoms with E-state index < -0.39 is 29.2 Å². The van der Waals surface area contributed by atoms with Crippen LogP contribution in [-0.2, 0) is 9.53 Å². The summed E-state index contributed by atoms with van der Waals surface area (Å²) in [5, 5.41) is 1.22. The Morgan fingerprint density at radius 2 is 1.94 bits per heavy atom. The van der Waals surface area contributed by atoms with Crippen LogP contribution in [0.25, 0.3) is 21.9 Å². The molecule has 1 aliphatic rings. The molecular weight excluding hydrogens is 414 g/mol. The first-order valence-electron chi connectivity index (χ1n) is 10.1. The van der Waals surface area contributed by atoms with Gasteiger partial charge >= 0.3 is 11.6 Å². The van der Waals surface area contributed by atoms with E-state index in [1.807, 2.05) is 0 Å². The Morgan fingerprint density at radius 3 is 2.72 bits per heavy atom. The minimum atomic E-state index is -1.21. The summed E-state index contributed by atoms with van der Waals surface area (Å²) in [6.45, 7) is 1.80. The van der Waals surface area contributed by atoms with Gasteiger partial charge in [0.2, 0.25) is 6.10 Å². The van der Waals surface area contributed by atoms with Crippen LogP contribution in [0.3, 0.4) is 0 Å². The lowest BCUT2D eigenvalue weighted by Crippen LogP contribution is -2.35. The van der Waals surface area contributed by atoms with E-state index in [1.165, 1.54) is 0 Å². The highest BCUT2D eigenvalue weighted by Gasteiger charge is 2.46. The number of para-hydroxylation sites is 1. The van der Waals surface area contributed by atoms with E-state index in [9.17, 15) is 14.4 Å². The summed E-state index contributed by atoms with van der Waals surface area (Å²) in [7, 11) is 1.54. The van der Waals surface area contributed by atoms with E-state index in [2.05, 4.69) is 4.98 Å². The van der Waals surface area contributed by atoms with Crippen LogP contribution in [0.4, 0.5) is 0 Å². The number of carbonyl (C=O) groups is 1. The lowest BCUT2D eigenvalue weighted by atomic mass is 9.88. The average Bonchev–Trinajstić information content (AvgIpc) is 3.20. The number of hydrogen-bond donors (Lipinski definition) is 1. The lowest BCUT2D eigenvalue weighted by molar-refractivity contribution is -0.151. The van der Waals surface area contributed by atoms with Crippen LogP contribution in [-0.4, -0.2) is 30.8 Å². The molecule has 0 saturated heterocycles. The smallest absolute Gasteiger partial charge is 0.348 e. The molecule has 8 heteroatoms. The Balaban J connectivity index is 1.79. The number of carbonyl (C=O) groups excluding carboxylic acids is 1. The number of fused-ring (bicyclic) bond motifs is 4. The Bertz CT molecular complexity index is 1480. The lowest BCUT2D eigenvalue weighted by Gasteiger charge is -2.17. The van der Waals surface area contributed by atoms with Gasteiger partial charge < -0.3 is 23.6 Å². The predicted octanol–water partition coefficient (Wildman–Crippen LogP) is 3.10. The molecule has 0 aliphatic carbocycles. The van der Waals surface area contributed by atoms with Crippen molar-refractivity contribution in [2.75, 3.05) is 13.7 Å². The van der Waals surface area contributed by atoms with Gasteiger partial charge in [-0.15, -0.1) is 0 Å². The number of H-pyrrole nitrogens is 1. The number of rotatable bonds is 4. The summed E-state index contributed by atoms with van der Waals surface area (Å²) in [4.78, 5) is 41.7. The molecule has 8 nitrogen and oxygen atoms in total. The normalized spacial score (nSPS) is 17.2. The van der Waals surface area contributed by atoms with Crippen LogP contribution < -0.4 is 20.7 Å². The van der Waals surface area contributed by atoms with Crippen molar-refractivity contribution in [1.82, 2.24) is 4.98 Å². The number of aromatic amines is 1. The number of pyridine rings is 1. The standard InChI is InChI=1S/C24H19NO7/c1-3-30-24(28)21-18(15-11-12-10-13(29-2)8-9-16(12)25-22(15)26)19-20(32-21)14-6-4-5-7-17(14)31-23(19)27/h4-11,18,21H,3H2,1-2H3,(H,25,26)/t18-,21-/m1/s1. The molecule has 2 atom stereocenters. The second-order valence-corrected chi connectivity index (χ2v) is 7.40. The van der Waals surface area contributed by atoms with Crippen molar-refractivity contribution in [2.45, 2.75) is 18.9 Å². The molecule has 3 heterocycles. The number of aromatic nitrogens is 1. The molecule has 0 saturated carbocycles. The topological polar surface area (TPSA) is 108 Å². The fourth-order valence-electron chi connectivity index (χ4n) is 4.16. The number of nitrogens with one attached hydrogen (secondary N) is 1. The molecule has 2 aromatic heterocycles. The van der Waals surface area contributed by atoms with Gasteiger partial charge in [0.1, 0.15) is 17.1 Å². The summed E-state index contributed by atoms with van der Waals surface area (Å²) in [6.07, 6.45) is -1.21. The van der Waals surface area contributed by atoms with Crippen molar-refractivity contribution in [1.29, 1.82) is 0 Å². The van der Waals surface area contributed by atoms with Gasteiger partial charge in [0.05, 0.1) is 30.6 Å². The Labute approximate surface area is 181 Å². The third-order valence-electron chi connectivity index (χ3n) is 5.59. The third-order valence-corrected chi connectivity index (χ3v) is 5.59. The van der Waals surface area contributed by atoms with Crippen LogP contribution in [0.1, 0.15) is 24.0 Å². The molecule has 1 N–H and O–H groups in total. The van der Waals surface area contributed by atoms with Crippen molar-refractivity contribution in [2.24, 2.45) is 0 Å². The molecule has 0 spiro atoms. The number of hydrogen-bond acceptors (Lipinski definition) is 7. The first-order valence-corrected chi connectivity index (χ1v) is 10.1. The maximum atomic E-state index is 13.1. The van der Waals surface area contributed by atoms with Gasteiger partial charge in [-0.05, 0) is 43.3 Å². The van der Waals surface area contributed by atoms with Crippen molar-refractivity contribution >= 4 is 27.8 Å². The Kier molecular flexibility index (Phi) is 4.70. The van der Waals surface area contributed by atoms with Crippen LogP contribution in [0.5, 0.6) is 11.5 Å². The molecule has 0 amide bonds. The largest absolute Gasteiger partial charge is 0.497 e. The minimum absolute atomic E-state index is 0.120. The summed E-state index contributed by atoms with van der Waals surface area (Å²) in [5.41, 5.74) is 0.139. The Hall–Kier alpha value is -4.07. The summed E-state index contributed by atoms with van der Waals surface area (Å²) in [5.74, 6) is -0.831. The molecule has 0 unspecified atom stereocenters. The molecule has 5 rings (SSSR count). The van der Waals surface area contributed by atoms with Gasteiger partial charge in [-0.2, -0.15) is 0 Å². The quantitative estimate of drug-likeness (QED) is 0.389. The van der Waals surface area contributed by atoms with E-state index in [0.29, 0.717) is 27.6 Å². The number of esters is 1. The highest BCUT2D eigenvalue weighted by atomic mass is 16.6. The molecule has 162 valence electrons. The Morgan fingerprint density at radius 1 is 1.12 bits per heavy atom. The van der Waals surface area contributed by atoms with Crippen LogP contribution in [0, 0.1) is 0 Å². The number of benzene rings is 2. The van der Waals surface area contributed by atoms with E-state index in [-0.39, 0.29) is 23.5 Å². The van der Waals surface area contributed by atoms with Crippen LogP contribution >= 0.6 is 0 Å². The SMILES string of the molecule is CCOC(=O)[C@@H]1Oc2c(c(=O)oc3ccccc23)[C@H]1c1cc2cc(OC)ccc2[nH]c1=O. The van der Waals surface area contributed by atoms with Crippen molar-refractivity contribution < 1.29 is 23.4 Å². The maximum absolute atomic E-state index is 13.1. The van der Waals surface area contributed by atoms with Gasteiger partial charge in [0.15, 0.2) is 0 Å². The predicted molar refractivity (Wildman–Crippen MR) is 116 cm³/mol. The van der Waals surface area contributed by atoms with Gasteiger partial charge in [-0.1, -0.05) is 12.1 Å². The second kappa shape index (κ2) is 7.56. The number of ether oxygens (including phenoxy) is 3. The molecule has 32 heavy (non-hydrogen) atoms. The monoisotopic (exact) mass is 433 g/mol. The van der Waals surface area contributed by atoms with Crippen molar-refractivity contribution in [3.05, 3.63) is 80.4 Å². The van der Waals surface area contributed by atoms with E-state index in [0.717, 1.165) is 0 Å². The summed E-state index contributed by atoms with van der Waals surface area (Å²) >= 11 is 0. The first kappa shape index (κ1) is 19.9. The molecule has 0 fully saturated rings. The van der Waals surface area contributed by atoms with E-state index in [1.54, 1.807) is 62.6 Å². The first-order chi connectivity index (χ1) is 15.5. The zero-order valence-electron chi connectivity index (χ0n) is 17.3. The fraction of sp³-hybridized carbons (Fsp3) is 0.208. The molecule has 4 aromatic rings. The van der Waals surface area contributed by atoms with Crippen LogP contribution in [0.15, 0.2) is 62.5 Å². The minimum Gasteiger partial charge on any atom is -0.497 e. The van der Waals surface area contributed by atoms with E-state index in [4.69, 9.17) is 18.6 Å². The summed E-state index contributed by atoms with van der Waals surface area (Å²) in [6, 6.07) is 13.7. The molecule has 0 bridgehead atoms. The zero-order valence-corrected chi connectivity index (χ0v) is 17.3. The second-order valence-electron chi connectivity index (χ2n) is 7.40.